The molecule has 1 heterocycles. The van der Waals surface area contributed by atoms with Crippen LogP contribution in [0.25, 0.3) is 0 Å². The smallest absolute Gasteiger partial charge is 0.475 e. The summed E-state index contributed by atoms with van der Waals surface area (Å²) in [5.74, 6) is -2.62. The average Bonchev–Trinajstić information content (AvgIpc) is 3.52. The standard InChI is InChI=1S/C22H30N4O3.C2HF3O2/c1-3-22(4-2)11-18(28)26(21(23)25-22)12-14-9-16(14)20(29)24-19-15-8-6-5-7-13(15)10-17(19)27;3-2(4,5)1(6)7/h5-8,14,16-17,19,27H,3-4,9-12H2,1-2H3,(H2,23,25)(H,24,29);(H,6,7)/t14-,16+,17-,19-;/m1./s1. The van der Waals surface area contributed by atoms with E-state index in [4.69, 9.17) is 15.6 Å². The van der Waals surface area contributed by atoms with Crippen molar-refractivity contribution in [2.24, 2.45) is 22.6 Å². The second-order valence-corrected chi connectivity index (χ2v) is 9.44. The fourth-order valence-electron chi connectivity index (χ4n) is 4.71. The van der Waals surface area contributed by atoms with Crippen molar-refractivity contribution in [3.8, 4) is 0 Å². The average molecular weight is 513 g/mol. The number of carbonyl (C=O) groups excluding carboxylic acids is 2. The van der Waals surface area contributed by atoms with E-state index in [-0.39, 0.29) is 41.2 Å². The van der Waals surface area contributed by atoms with Gasteiger partial charge in [-0.2, -0.15) is 13.2 Å². The highest BCUT2D eigenvalue weighted by atomic mass is 19.4. The van der Waals surface area contributed by atoms with Crippen LogP contribution < -0.4 is 11.1 Å². The minimum Gasteiger partial charge on any atom is -0.475 e. The number of alkyl halides is 3. The minimum atomic E-state index is -5.08. The Hall–Kier alpha value is -3.15. The zero-order valence-corrected chi connectivity index (χ0v) is 20.1. The van der Waals surface area contributed by atoms with E-state index in [0.29, 0.717) is 19.4 Å². The van der Waals surface area contributed by atoms with Crippen molar-refractivity contribution in [2.75, 3.05) is 6.54 Å². The fourth-order valence-corrected chi connectivity index (χ4v) is 4.71. The van der Waals surface area contributed by atoms with Gasteiger partial charge in [0.05, 0.1) is 24.1 Å². The summed E-state index contributed by atoms with van der Waals surface area (Å²) in [6.07, 6.45) is -2.47. The number of hydrogen-bond donors (Lipinski definition) is 4. The van der Waals surface area contributed by atoms with Crippen molar-refractivity contribution < 1.29 is 37.8 Å². The van der Waals surface area contributed by atoms with Gasteiger partial charge in [0.25, 0.3) is 0 Å². The summed E-state index contributed by atoms with van der Waals surface area (Å²) in [5.41, 5.74) is 7.80. The molecule has 5 N–H and O–H groups in total. The fraction of sp³-hybridized carbons (Fsp3) is 0.583. The van der Waals surface area contributed by atoms with E-state index < -0.39 is 18.2 Å². The highest BCUT2D eigenvalue weighted by molar-refractivity contribution is 5.99. The van der Waals surface area contributed by atoms with Gasteiger partial charge in [0.2, 0.25) is 11.8 Å². The number of carbonyl (C=O) groups is 3. The Bertz CT molecular complexity index is 1040. The molecular formula is C24H31F3N4O5. The molecule has 36 heavy (non-hydrogen) atoms. The summed E-state index contributed by atoms with van der Waals surface area (Å²) in [5, 5.41) is 20.5. The van der Waals surface area contributed by atoms with E-state index in [1.807, 2.05) is 38.1 Å². The number of nitrogens with one attached hydrogen (secondary N) is 1. The Morgan fingerprint density at radius 1 is 1.25 bits per heavy atom. The van der Waals surface area contributed by atoms with Crippen molar-refractivity contribution in [2.45, 2.75) is 69.8 Å². The highest BCUT2D eigenvalue weighted by Gasteiger charge is 2.48. The zero-order chi connectivity index (χ0) is 26.8. The molecule has 4 atom stereocenters. The first-order valence-electron chi connectivity index (χ1n) is 11.8. The molecule has 3 aliphatic rings. The summed E-state index contributed by atoms with van der Waals surface area (Å²) in [7, 11) is 0. The van der Waals surface area contributed by atoms with Crippen LogP contribution in [0.5, 0.6) is 0 Å². The molecule has 1 aromatic carbocycles. The predicted octanol–water partition coefficient (Wildman–Crippen LogP) is 2.14. The normalized spacial score (nSPS) is 26.3. The topological polar surface area (TPSA) is 145 Å². The Labute approximate surface area is 206 Å². The molecule has 0 unspecified atom stereocenters. The van der Waals surface area contributed by atoms with Crippen molar-refractivity contribution in [3.63, 3.8) is 0 Å². The number of amides is 2. The number of guanidine groups is 1. The Kier molecular flexibility index (Phi) is 7.97. The molecule has 2 aliphatic carbocycles. The van der Waals surface area contributed by atoms with Gasteiger partial charge in [-0.15, -0.1) is 0 Å². The van der Waals surface area contributed by atoms with E-state index in [2.05, 4.69) is 10.3 Å². The van der Waals surface area contributed by atoms with Crippen LogP contribution in [-0.4, -0.2) is 63.2 Å². The number of halogens is 3. The lowest BCUT2D eigenvalue weighted by Gasteiger charge is -2.36. The summed E-state index contributed by atoms with van der Waals surface area (Å²) in [6.45, 7) is 4.49. The lowest BCUT2D eigenvalue weighted by atomic mass is 9.88. The van der Waals surface area contributed by atoms with E-state index in [1.165, 1.54) is 0 Å². The van der Waals surface area contributed by atoms with Gasteiger partial charge in [0, 0.05) is 18.9 Å². The van der Waals surface area contributed by atoms with Crippen LogP contribution >= 0.6 is 0 Å². The van der Waals surface area contributed by atoms with E-state index in [1.54, 1.807) is 4.90 Å². The molecule has 1 aromatic rings. The lowest BCUT2D eigenvalue weighted by Crippen LogP contribution is -2.52. The van der Waals surface area contributed by atoms with Crippen molar-refractivity contribution in [1.82, 2.24) is 10.2 Å². The number of nitrogens with zero attached hydrogens (tertiary/aromatic N) is 2. The van der Waals surface area contributed by atoms with E-state index >= 15 is 0 Å². The number of hydrogen-bond acceptors (Lipinski definition) is 6. The molecule has 9 nitrogen and oxygen atoms in total. The number of aliphatic imine (C=N–C) groups is 1. The molecule has 1 aliphatic heterocycles. The summed E-state index contributed by atoms with van der Waals surface area (Å²) in [6, 6.07) is 7.45. The summed E-state index contributed by atoms with van der Waals surface area (Å²) < 4.78 is 31.7. The molecule has 0 radical (unpaired) electrons. The lowest BCUT2D eigenvalue weighted by molar-refractivity contribution is -0.192. The number of nitrogens with two attached hydrogens (primary N) is 1. The Morgan fingerprint density at radius 2 is 1.86 bits per heavy atom. The molecule has 0 spiro atoms. The van der Waals surface area contributed by atoms with Crippen LogP contribution in [0.2, 0.25) is 0 Å². The number of carboxylic acids is 1. The van der Waals surface area contributed by atoms with Crippen molar-refractivity contribution in [1.29, 1.82) is 0 Å². The first-order valence-corrected chi connectivity index (χ1v) is 11.8. The second kappa shape index (κ2) is 10.5. The quantitative estimate of drug-likeness (QED) is 0.460. The van der Waals surface area contributed by atoms with Crippen LogP contribution in [0.3, 0.4) is 0 Å². The molecule has 0 bridgehead atoms. The molecule has 2 amide bonds. The van der Waals surface area contributed by atoms with Crippen LogP contribution in [0, 0.1) is 11.8 Å². The molecule has 198 valence electrons. The van der Waals surface area contributed by atoms with Gasteiger partial charge >= 0.3 is 12.1 Å². The molecule has 4 rings (SSSR count). The summed E-state index contributed by atoms with van der Waals surface area (Å²) >= 11 is 0. The van der Waals surface area contributed by atoms with Gasteiger partial charge in [-0.25, -0.2) is 9.79 Å². The van der Waals surface area contributed by atoms with Gasteiger partial charge in [-0.1, -0.05) is 38.1 Å². The van der Waals surface area contributed by atoms with Crippen LogP contribution in [0.1, 0.15) is 56.7 Å². The third kappa shape index (κ3) is 5.97. The first-order chi connectivity index (χ1) is 16.8. The maximum absolute atomic E-state index is 12.7. The Balaban J connectivity index is 0.000000454. The van der Waals surface area contributed by atoms with Crippen LogP contribution in [0.4, 0.5) is 13.2 Å². The number of aliphatic hydroxyl groups is 1. The largest absolute Gasteiger partial charge is 0.490 e. The predicted molar refractivity (Wildman–Crippen MR) is 124 cm³/mol. The van der Waals surface area contributed by atoms with E-state index in [9.17, 15) is 27.9 Å². The monoisotopic (exact) mass is 512 g/mol. The maximum Gasteiger partial charge on any atom is 0.490 e. The van der Waals surface area contributed by atoms with Crippen LogP contribution in [0.15, 0.2) is 29.3 Å². The molecule has 1 fully saturated rings. The number of fused-ring (bicyclic) bond motifs is 1. The number of rotatable bonds is 6. The molecule has 12 heteroatoms. The van der Waals surface area contributed by atoms with Crippen molar-refractivity contribution in [3.05, 3.63) is 35.4 Å². The van der Waals surface area contributed by atoms with Gasteiger partial charge in [0.1, 0.15) is 0 Å². The molecule has 1 saturated carbocycles. The Morgan fingerprint density at radius 3 is 2.42 bits per heavy atom. The number of aliphatic hydroxyl groups excluding tert-OH is 1. The number of benzene rings is 1. The van der Waals surface area contributed by atoms with Gasteiger partial charge in [0.15, 0.2) is 5.96 Å². The van der Waals surface area contributed by atoms with E-state index in [0.717, 1.165) is 30.4 Å². The van der Waals surface area contributed by atoms with Gasteiger partial charge < -0.3 is 21.3 Å². The minimum absolute atomic E-state index is 0.00704. The second-order valence-electron chi connectivity index (χ2n) is 9.44. The first kappa shape index (κ1) is 27.4. The third-order valence-electron chi connectivity index (χ3n) is 7.15. The number of aliphatic carboxylic acids is 1. The molecular weight excluding hydrogens is 481 g/mol. The number of carboxylic acid groups (broad SMARTS) is 1. The molecule has 0 aromatic heterocycles. The third-order valence-corrected chi connectivity index (χ3v) is 7.15. The highest BCUT2D eigenvalue weighted by Crippen LogP contribution is 2.42. The summed E-state index contributed by atoms with van der Waals surface area (Å²) in [4.78, 5) is 40.5. The zero-order valence-electron chi connectivity index (χ0n) is 20.1. The SMILES string of the molecule is CCC1(CC)CC(=O)N(C[C@H]2C[C@@H]2C(=O)N[C@@H]2c3ccccc3C[C@H]2O)C(N)=N1.O=C(O)C(F)(F)F. The van der Waals surface area contributed by atoms with Crippen LogP contribution in [-0.2, 0) is 20.8 Å². The van der Waals surface area contributed by atoms with Gasteiger partial charge in [-0.3, -0.25) is 14.5 Å². The maximum atomic E-state index is 12.7. The van der Waals surface area contributed by atoms with Crippen molar-refractivity contribution >= 4 is 23.7 Å². The van der Waals surface area contributed by atoms with Gasteiger partial charge in [-0.05, 0) is 36.3 Å². The molecule has 0 saturated heterocycles.